The van der Waals surface area contributed by atoms with Gasteiger partial charge in [0.05, 0.1) is 13.2 Å². The van der Waals surface area contributed by atoms with E-state index in [9.17, 15) is 0 Å². The molecule has 1 aromatic rings. The lowest BCUT2D eigenvalue weighted by Crippen LogP contribution is -1.88. The molecule has 2 nitrogen and oxygen atoms in total. The van der Waals surface area contributed by atoms with Crippen molar-refractivity contribution in [3.8, 4) is 5.88 Å². The van der Waals surface area contributed by atoms with Crippen molar-refractivity contribution in [2.45, 2.75) is 37.5 Å². The highest BCUT2D eigenvalue weighted by atomic mass is 32.2. The molecular formula is C12H18NOS. The molecular weight excluding hydrogens is 206 g/mol. The molecule has 0 aliphatic heterocycles. The maximum absolute atomic E-state index is 5.02. The van der Waals surface area contributed by atoms with Crippen LogP contribution in [0.4, 0.5) is 0 Å². The Kier molecular flexibility index (Phi) is 6.25. The summed E-state index contributed by atoms with van der Waals surface area (Å²) in [6, 6.07) is 5.09. The Morgan fingerprint density at radius 3 is 3.00 bits per heavy atom. The van der Waals surface area contributed by atoms with E-state index in [1.807, 2.05) is 17.8 Å². The van der Waals surface area contributed by atoms with Crippen molar-refractivity contribution in [3.05, 3.63) is 18.3 Å². The van der Waals surface area contributed by atoms with Gasteiger partial charge in [-0.05, 0) is 18.2 Å². The zero-order chi connectivity index (χ0) is 10.9. The second kappa shape index (κ2) is 7.57. The van der Waals surface area contributed by atoms with Crippen LogP contribution in [0.3, 0.4) is 0 Å². The minimum absolute atomic E-state index is 0.577. The highest BCUT2D eigenvalue weighted by molar-refractivity contribution is 7.99. The lowest BCUT2D eigenvalue weighted by molar-refractivity contribution is 0.395. The van der Waals surface area contributed by atoms with E-state index >= 15 is 0 Å². The van der Waals surface area contributed by atoms with Gasteiger partial charge in [-0.15, -0.1) is 11.8 Å². The third kappa shape index (κ3) is 5.07. The molecule has 0 amide bonds. The second-order valence-electron chi connectivity index (χ2n) is 3.35. The zero-order valence-corrected chi connectivity index (χ0v) is 10.3. The van der Waals surface area contributed by atoms with Crippen molar-refractivity contribution in [1.29, 1.82) is 0 Å². The van der Waals surface area contributed by atoms with E-state index in [0.29, 0.717) is 5.88 Å². The Labute approximate surface area is 96.4 Å². The highest BCUT2D eigenvalue weighted by Crippen LogP contribution is 2.21. The van der Waals surface area contributed by atoms with Gasteiger partial charge < -0.3 is 4.74 Å². The van der Waals surface area contributed by atoms with Crippen molar-refractivity contribution in [3.63, 3.8) is 0 Å². The lowest BCUT2D eigenvalue weighted by atomic mass is 10.2. The van der Waals surface area contributed by atoms with Crippen LogP contribution in [0.15, 0.2) is 17.2 Å². The summed E-state index contributed by atoms with van der Waals surface area (Å²) in [4.78, 5) is 5.15. The molecule has 0 atom stereocenters. The van der Waals surface area contributed by atoms with Gasteiger partial charge in [-0.1, -0.05) is 26.2 Å². The standard InChI is InChI=1S/C12H18NOS/c1-3-4-5-6-9-15-11-7-8-13-12(10-11)14-2/h7-8H,3-6,9H2,1-2H3. The van der Waals surface area contributed by atoms with E-state index in [0.717, 1.165) is 10.6 Å². The van der Waals surface area contributed by atoms with E-state index in [4.69, 9.17) is 4.74 Å². The van der Waals surface area contributed by atoms with Gasteiger partial charge in [-0.3, -0.25) is 0 Å². The molecule has 15 heavy (non-hydrogen) atoms. The Bertz CT molecular complexity index is 278. The molecule has 0 bridgehead atoms. The van der Waals surface area contributed by atoms with Crippen molar-refractivity contribution in [2.75, 3.05) is 12.9 Å². The average Bonchev–Trinajstić information content (AvgIpc) is 2.29. The summed E-state index contributed by atoms with van der Waals surface area (Å²) in [5, 5.41) is 0. The molecule has 0 fully saturated rings. The predicted octanol–water partition coefficient (Wildman–Crippen LogP) is 3.56. The fourth-order valence-corrected chi connectivity index (χ4v) is 2.14. The zero-order valence-electron chi connectivity index (χ0n) is 9.45. The molecule has 0 aliphatic carbocycles. The maximum atomic E-state index is 5.02. The maximum Gasteiger partial charge on any atom is 0.222 e. The largest absolute Gasteiger partial charge is 0.481 e. The molecule has 83 valence electrons. The summed E-state index contributed by atoms with van der Waals surface area (Å²) in [7, 11) is 1.62. The number of aromatic nitrogens is 1. The summed E-state index contributed by atoms with van der Waals surface area (Å²) in [6.45, 7) is 2.23. The van der Waals surface area contributed by atoms with Crippen molar-refractivity contribution in [1.82, 2.24) is 4.98 Å². The molecule has 0 unspecified atom stereocenters. The molecule has 0 N–H and O–H groups in total. The second-order valence-corrected chi connectivity index (χ2v) is 4.49. The van der Waals surface area contributed by atoms with Gasteiger partial charge in [0.1, 0.15) is 0 Å². The van der Waals surface area contributed by atoms with E-state index in [2.05, 4.69) is 18.0 Å². The van der Waals surface area contributed by atoms with Gasteiger partial charge in [-0.25, -0.2) is 4.98 Å². The van der Waals surface area contributed by atoms with E-state index < -0.39 is 0 Å². The fraction of sp³-hybridized carbons (Fsp3) is 0.583. The van der Waals surface area contributed by atoms with Crippen molar-refractivity contribution >= 4 is 11.8 Å². The molecule has 0 aliphatic rings. The van der Waals surface area contributed by atoms with Crippen LogP contribution in [0, 0.1) is 6.07 Å². The molecule has 0 saturated carbocycles. The summed E-state index contributed by atoms with van der Waals surface area (Å²) in [5.74, 6) is 1.73. The minimum Gasteiger partial charge on any atom is -0.481 e. The van der Waals surface area contributed by atoms with Gasteiger partial charge in [0.25, 0.3) is 0 Å². The molecule has 1 rings (SSSR count). The smallest absolute Gasteiger partial charge is 0.222 e. The van der Waals surface area contributed by atoms with Crippen LogP contribution in [0.25, 0.3) is 0 Å². The van der Waals surface area contributed by atoms with Crippen LogP contribution in [-0.2, 0) is 0 Å². The van der Waals surface area contributed by atoms with Crippen LogP contribution in [0.2, 0.25) is 0 Å². The van der Waals surface area contributed by atoms with Gasteiger partial charge >= 0.3 is 0 Å². The lowest BCUT2D eigenvalue weighted by Gasteiger charge is -2.02. The normalized spacial score (nSPS) is 10.3. The van der Waals surface area contributed by atoms with Crippen molar-refractivity contribution < 1.29 is 4.74 Å². The molecule has 0 saturated heterocycles. The summed E-state index contributed by atoms with van der Waals surface area (Å²) >= 11 is 1.82. The Morgan fingerprint density at radius 2 is 2.27 bits per heavy atom. The first kappa shape index (κ1) is 12.4. The monoisotopic (exact) mass is 224 g/mol. The third-order valence-electron chi connectivity index (χ3n) is 2.10. The Hall–Kier alpha value is -0.700. The molecule has 0 spiro atoms. The first-order valence-corrected chi connectivity index (χ1v) is 6.40. The number of unbranched alkanes of at least 4 members (excludes halogenated alkanes) is 3. The van der Waals surface area contributed by atoms with Crippen molar-refractivity contribution in [2.24, 2.45) is 0 Å². The predicted molar refractivity (Wildman–Crippen MR) is 64.5 cm³/mol. The number of hydrogen-bond acceptors (Lipinski definition) is 3. The van der Waals surface area contributed by atoms with E-state index in [1.165, 1.54) is 25.7 Å². The minimum atomic E-state index is 0.577. The van der Waals surface area contributed by atoms with E-state index in [1.54, 1.807) is 13.3 Å². The summed E-state index contributed by atoms with van der Waals surface area (Å²) < 4.78 is 5.02. The van der Waals surface area contributed by atoms with E-state index in [-0.39, 0.29) is 0 Å². The third-order valence-corrected chi connectivity index (χ3v) is 3.14. The van der Waals surface area contributed by atoms with Gasteiger partial charge in [0, 0.05) is 11.1 Å². The Morgan fingerprint density at radius 1 is 1.40 bits per heavy atom. The summed E-state index contributed by atoms with van der Waals surface area (Å²) in [5.41, 5.74) is 0. The molecule has 3 heteroatoms. The number of methoxy groups -OCH3 is 1. The van der Waals surface area contributed by atoms with Crippen LogP contribution < -0.4 is 4.74 Å². The van der Waals surface area contributed by atoms with Crippen LogP contribution >= 0.6 is 11.8 Å². The number of thioether (sulfide) groups is 1. The fourth-order valence-electron chi connectivity index (χ4n) is 1.25. The van der Waals surface area contributed by atoms with Gasteiger partial charge in [0.15, 0.2) is 0 Å². The average molecular weight is 224 g/mol. The number of rotatable bonds is 7. The number of pyridine rings is 1. The molecule has 1 radical (unpaired) electrons. The number of ether oxygens (including phenoxy) is 1. The van der Waals surface area contributed by atoms with Crippen LogP contribution in [0.1, 0.15) is 32.6 Å². The van der Waals surface area contributed by atoms with Gasteiger partial charge in [0.2, 0.25) is 5.88 Å². The molecule has 0 aromatic carbocycles. The summed E-state index contributed by atoms with van der Waals surface area (Å²) in [6.07, 6.45) is 7.00. The van der Waals surface area contributed by atoms with Crippen LogP contribution in [0.5, 0.6) is 5.88 Å². The van der Waals surface area contributed by atoms with Gasteiger partial charge in [-0.2, -0.15) is 0 Å². The quantitative estimate of drug-likeness (QED) is 0.522. The molecule has 1 aromatic heterocycles. The number of nitrogens with zero attached hydrogens (tertiary/aromatic N) is 1. The Balaban J connectivity index is 2.24. The number of hydrogen-bond donors (Lipinski definition) is 0. The highest BCUT2D eigenvalue weighted by Gasteiger charge is 1.98. The first-order valence-electron chi connectivity index (χ1n) is 5.42. The molecule has 1 heterocycles. The first-order chi connectivity index (χ1) is 7.36. The van der Waals surface area contributed by atoms with Crippen LogP contribution in [-0.4, -0.2) is 17.8 Å². The SMILES string of the molecule is CCCCCCSc1[c]c(OC)ncc1. The topological polar surface area (TPSA) is 22.1 Å².